The van der Waals surface area contributed by atoms with Gasteiger partial charge in [-0.1, -0.05) is 0 Å². The fourth-order valence-electron chi connectivity index (χ4n) is 4.08. The number of ether oxygens (including phenoxy) is 1. The average Bonchev–Trinajstić information content (AvgIpc) is 3.64. The Morgan fingerprint density at radius 1 is 1.08 bits per heavy atom. The number of morpholine rings is 1. The van der Waals surface area contributed by atoms with Crippen molar-refractivity contribution in [2.24, 2.45) is 0 Å². The predicted molar refractivity (Wildman–Crippen MR) is 118 cm³/mol. The Morgan fingerprint density at radius 2 is 1.89 bits per heavy atom. The molecule has 184 valence electrons. The molecule has 6 rings (SSSR count). The number of hydrogen-bond acceptors (Lipinski definition) is 9. The van der Waals surface area contributed by atoms with Crippen molar-refractivity contribution in [1.29, 1.82) is 0 Å². The molecule has 0 radical (unpaired) electrons. The van der Waals surface area contributed by atoms with Crippen LogP contribution in [-0.4, -0.2) is 57.1 Å². The van der Waals surface area contributed by atoms with Crippen molar-refractivity contribution < 1.29 is 31.7 Å². The standard InChI is InChI=1S/C22H16F3N7O4/c23-22(24,25)17-10-14(16-2-1-7-35-16)27-20-12(11-26-32(17)20)21(33)28-13-3-4-15(19-18(13)29-36-30-19)31-5-8-34-9-6-31/h1-4,7,10-11H,5-6,8-9H2,(H,28,33). The van der Waals surface area contributed by atoms with E-state index in [0.717, 1.165) is 18.0 Å². The quantitative estimate of drug-likeness (QED) is 0.395. The number of aromatic nitrogens is 5. The molecular weight excluding hydrogens is 483 g/mol. The van der Waals surface area contributed by atoms with E-state index in [1.165, 1.54) is 18.4 Å². The molecule has 1 aromatic carbocycles. The zero-order chi connectivity index (χ0) is 24.9. The average molecular weight is 499 g/mol. The highest BCUT2D eigenvalue weighted by Gasteiger charge is 2.36. The van der Waals surface area contributed by atoms with Crippen molar-refractivity contribution in [2.45, 2.75) is 6.18 Å². The Balaban J connectivity index is 1.39. The lowest BCUT2D eigenvalue weighted by Crippen LogP contribution is -2.36. The Kier molecular flexibility index (Phi) is 5.10. The first-order valence-electron chi connectivity index (χ1n) is 10.8. The number of fused-ring (bicyclic) bond motifs is 2. The number of carbonyl (C=O) groups excluding carboxylic acids is 1. The third-order valence-electron chi connectivity index (χ3n) is 5.77. The first-order valence-corrected chi connectivity index (χ1v) is 10.8. The third-order valence-corrected chi connectivity index (χ3v) is 5.77. The second kappa shape index (κ2) is 8.34. The summed E-state index contributed by atoms with van der Waals surface area (Å²) in [6, 6.07) is 7.20. The monoisotopic (exact) mass is 499 g/mol. The summed E-state index contributed by atoms with van der Waals surface area (Å²) < 4.78 is 57.4. The summed E-state index contributed by atoms with van der Waals surface area (Å²) >= 11 is 0. The fourth-order valence-corrected chi connectivity index (χ4v) is 4.08. The number of rotatable bonds is 4. The van der Waals surface area contributed by atoms with E-state index < -0.39 is 17.8 Å². The summed E-state index contributed by atoms with van der Waals surface area (Å²) in [6.45, 7) is 2.43. The first-order chi connectivity index (χ1) is 17.4. The molecule has 1 N–H and O–H groups in total. The molecule has 4 aromatic heterocycles. The molecule has 1 aliphatic heterocycles. The number of furan rings is 1. The van der Waals surface area contributed by atoms with Gasteiger partial charge < -0.3 is 19.4 Å². The van der Waals surface area contributed by atoms with Crippen LogP contribution in [0.3, 0.4) is 0 Å². The van der Waals surface area contributed by atoms with E-state index in [-0.39, 0.29) is 28.4 Å². The Bertz CT molecular complexity index is 1570. The molecule has 5 heterocycles. The number of carbonyl (C=O) groups is 1. The summed E-state index contributed by atoms with van der Waals surface area (Å²) in [6.07, 6.45) is -2.41. The van der Waals surface area contributed by atoms with Crippen LogP contribution >= 0.6 is 0 Å². The van der Waals surface area contributed by atoms with E-state index in [0.29, 0.717) is 41.9 Å². The number of halogens is 3. The van der Waals surface area contributed by atoms with Gasteiger partial charge in [0.25, 0.3) is 5.91 Å². The largest absolute Gasteiger partial charge is 0.463 e. The zero-order valence-corrected chi connectivity index (χ0v) is 18.3. The molecule has 5 aromatic rings. The molecular formula is C22H16F3N7O4. The minimum Gasteiger partial charge on any atom is -0.463 e. The Labute approximate surface area is 199 Å². The van der Waals surface area contributed by atoms with Crippen LogP contribution in [0.4, 0.5) is 24.5 Å². The van der Waals surface area contributed by atoms with Crippen molar-refractivity contribution in [3.05, 3.63) is 54.0 Å². The predicted octanol–water partition coefficient (Wildman–Crippen LogP) is 3.63. The molecule has 11 nitrogen and oxygen atoms in total. The highest BCUT2D eigenvalue weighted by Crippen LogP contribution is 2.34. The van der Waals surface area contributed by atoms with Gasteiger partial charge in [-0.25, -0.2) is 14.1 Å². The van der Waals surface area contributed by atoms with Gasteiger partial charge in [-0.05, 0) is 40.6 Å². The second-order valence-electron chi connectivity index (χ2n) is 7.94. The molecule has 36 heavy (non-hydrogen) atoms. The topological polar surface area (TPSA) is 124 Å². The molecule has 1 saturated heterocycles. The van der Waals surface area contributed by atoms with Gasteiger partial charge in [0.15, 0.2) is 28.1 Å². The van der Waals surface area contributed by atoms with Gasteiger partial charge >= 0.3 is 6.18 Å². The van der Waals surface area contributed by atoms with Crippen LogP contribution in [0.25, 0.3) is 28.1 Å². The minimum absolute atomic E-state index is 0.0904. The van der Waals surface area contributed by atoms with Gasteiger partial charge in [0, 0.05) is 13.1 Å². The first kappa shape index (κ1) is 22.0. The lowest BCUT2D eigenvalue weighted by Gasteiger charge is -2.28. The highest BCUT2D eigenvalue weighted by atomic mass is 19.4. The lowest BCUT2D eigenvalue weighted by atomic mass is 10.2. The van der Waals surface area contributed by atoms with Crippen LogP contribution in [0.15, 0.2) is 51.8 Å². The van der Waals surface area contributed by atoms with Crippen LogP contribution in [0.1, 0.15) is 16.1 Å². The van der Waals surface area contributed by atoms with Crippen LogP contribution in [0.5, 0.6) is 0 Å². The fraction of sp³-hybridized carbons (Fsp3) is 0.227. The maximum absolute atomic E-state index is 13.8. The normalized spacial score (nSPS) is 14.6. The van der Waals surface area contributed by atoms with E-state index in [4.69, 9.17) is 13.8 Å². The lowest BCUT2D eigenvalue weighted by molar-refractivity contribution is -0.142. The molecule has 14 heteroatoms. The van der Waals surface area contributed by atoms with Crippen molar-refractivity contribution in [3.63, 3.8) is 0 Å². The van der Waals surface area contributed by atoms with Gasteiger partial charge in [-0.2, -0.15) is 18.3 Å². The van der Waals surface area contributed by atoms with Gasteiger partial charge in [0.1, 0.15) is 11.3 Å². The number of benzene rings is 1. The van der Waals surface area contributed by atoms with Crippen molar-refractivity contribution in [1.82, 2.24) is 24.9 Å². The van der Waals surface area contributed by atoms with E-state index in [1.807, 2.05) is 0 Å². The molecule has 0 unspecified atom stereocenters. The zero-order valence-electron chi connectivity index (χ0n) is 18.3. The van der Waals surface area contributed by atoms with Crippen molar-refractivity contribution in [3.8, 4) is 11.5 Å². The summed E-state index contributed by atoms with van der Waals surface area (Å²) in [4.78, 5) is 19.5. The van der Waals surface area contributed by atoms with Crippen LogP contribution in [0, 0.1) is 0 Å². The number of hydrogen-bond donors (Lipinski definition) is 1. The molecule has 1 aliphatic rings. The van der Waals surface area contributed by atoms with Crippen LogP contribution in [-0.2, 0) is 10.9 Å². The molecule has 0 saturated carbocycles. The number of anilines is 2. The van der Waals surface area contributed by atoms with Gasteiger partial charge in [0.05, 0.1) is 37.0 Å². The van der Waals surface area contributed by atoms with E-state index in [9.17, 15) is 18.0 Å². The molecule has 0 aliphatic carbocycles. The van der Waals surface area contributed by atoms with Crippen molar-refractivity contribution in [2.75, 3.05) is 36.5 Å². The number of nitrogens with one attached hydrogen (secondary N) is 1. The Morgan fingerprint density at radius 3 is 2.64 bits per heavy atom. The summed E-state index contributed by atoms with van der Waals surface area (Å²) in [7, 11) is 0. The molecule has 0 bridgehead atoms. The summed E-state index contributed by atoms with van der Waals surface area (Å²) in [5.74, 6) is -0.615. The summed E-state index contributed by atoms with van der Waals surface area (Å²) in [5.41, 5.74) is 0.123. The number of amides is 1. The van der Waals surface area contributed by atoms with Gasteiger partial charge in [-0.15, -0.1) is 0 Å². The van der Waals surface area contributed by atoms with Gasteiger partial charge in [-0.3, -0.25) is 4.79 Å². The van der Waals surface area contributed by atoms with Crippen LogP contribution < -0.4 is 10.2 Å². The number of nitrogens with zero attached hydrogens (tertiary/aromatic N) is 6. The minimum atomic E-state index is -4.75. The van der Waals surface area contributed by atoms with E-state index in [1.54, 1.807) is 12.1 Å². The van der Waals surface area contributed by atoms with E-state index >= 15 is 0 Å². The highest BCUT2D eigenvalue weighted by molar-refractivity contribution is 6.12. The molecule has 1 fully saturated rings. The maximum Gasteiger partial charge on any atom is 0.433 e. The molecule has 1 amide bonds. The smallest absolute Gasteiger partial charge is 0.433 e. The van der Waals surface area contributed by atoms with E-state index in [2.05, 4.69) is 30.6 Å². The maximum atomic E-state index is 13.8. The van der Waals surface area contributed by atoms with Gasteiger partial charge in [0.2, 0.25) is 0 Å². The molecule has 0 spiro atoms. The second-order valence-corrected chi connectivity index (χ2v) is 7.94. The molecule has 0 atom stereocenters. The van der Waals surface area contributed by atoms with Crippen LogP contribution in [0.2, 0.25) is 0 Å². The summed E-state index contributed by atoms with van der Waals surface area (Å²) in [5, 5.41) is 14.3. The number of alkyl halides is 3. The third kappa shape index (κ3) is 3.71. The Hall–Kier alpha value is -4.46. The SMILES string of the molecule is O=C(Nc1ccc(N2CCOCC2)c2nonc12)c1cnn2c(C(F)(F)F)cc(-c3ccco3)nc12. The van der Waals surface area contributed by atoms with Crippen molar-refractivity contribution >= 4 is 34.0 Å².